The van der Waals surface area contributed by atoms with Crippen molar-refractivity contribution in [2.45, 2.75) is 67.6 Å². The van der Waals surface area contributed by atoms with Crippen molar-refractivity contribution in [3.05, 3.63) is 66.7 Å². The van der Waals surface area contributed by atoms with Crippen molar-refractivity contribution in [3.63, 3.8) is 0 Å². The molecule has 1 heterocycles. The number of ether oxygens (including phenoxy) is 1. The molecule has 3 aliphatic carbocycles. The van der Waals surface area contributed by atoms with Gasteiger partial charge < -0.3 is 20.7 Å². The Morgan fingerprint density at radius 3 is 2.46 bits per heavy atom. The van der Waals surface area contributed by atoms with Crippen LogP contribution in [0.25, 0.3) is 11.1 Å². The van der Waals surface area contributed by atoms with Crippen molar-refractivity contribution in [1.82, 2.24) is 10.2 Å². The van der Waals surface area contributed by atoms with Gasteiger partial charge in [0.25, 0.3) is 0 Å². The standard InChI is InChI=1S/C34H40N4O7S/c1-38-18-10-3-2-7-13-23-20-34(23,46(43,44)25-16-17-25)37-31(41)33(30(35)40)21-24(19-27(33)29(38)39)45-32(42)36-28-15-9-8-14-26(28)22-11-5-4-6-12-22/h4-9,11-15,23-25,27H,2-3,10,16-21H2,1H3,(H2,35,40)(H,36,42)(H,37,41). The zero-order valence-corrected chi connectivity index (χ0v) is 26.6. The monoisotopic (exact) mass is 648 g/mol. The van der Waals surface area contributed by atoms with E-state index in [2.05, 4.69) is 10.6 Å². The van der Waals surface area contributed by atoms with Gasteiger partial charge in [-0.1, -0.05) is 60.7 Å². The Morgan fingerprint density at radius 1 is 1.02 bits per heavy atom. The Labute approximate surface area is 268 Å². The van der Waals surface area contributed by atoms with Crippen LogP contribution < -0.4 is 16.4 Å². The zero-order chi connectivity index (χ0) is 32.7. The molecule has 6 rings (SSSR count). The molecule has 11 nitrogen and oxygen atoms in total. The van der Waals surface area contributed by atoms with Crippen molar-refractivity contribution < 1.29 is 32.3 Å². The van der Waals surface area contributed by atoms with E-state index in [-0.39, 0.29) is 19.3 Å². The molecule has 0 bridgehead atoms. The molecule has 0 saturated heterocycles. The number of primary amides is 1. The number of benzene rings is 2. The van der Waals surface area contributed by atoms with Crippen LogP contribution in [0.5, 0.6) is 0 Å². The van der Waals surface area contributed by atoms with Crippen LogP contribution in [0.4, 0.5) is 10.5 Å². The van der Waals surface area contributed by atoms with Gasteiger partial charge in [-0.2, -0.15) is 0 Å². The second-order valence-corrected chi connectivity index (χ2v) is 15.5. The average molecular weight is 649 g/mol. The Balaban J connectivity index is 1.30. The predicted octanol–water partition coefficient (Wildman–Crippen LogP) is 3.76. The molecule has 5 unspecified atom stereocenters. The molecule has 0 spiro atoms. The van der Waals surface area contributed by atoms with E-state index in [9.17, 15) is 27.6 Å². The van der Waals surface area contributed by atoms with Crippen LogP contribution >= 0.6 is 0 Å². The van der Waals surface area contributed by atoms with Crippen LogP contribution in [-0.2, 0) is 29.0 Å². The number of nitrogens with two attached hydrogens (primary N) is 1. The number of nitrogens with one attached hydrogen (secondary N) is 2. The first-order valence-corrected chi connectivity index (χ1v) is 17.4. The molecule has 0 aromatic heterocycles. The van der Waals surface area contributed by atoms with Gasteiger partial charge in [0, 0.05) is 31.5 Å². The minimum atomic E-state index is -3.78. The van der Waals surface area contributed by atoms with Crippen molar-refractivity contribution in [1.29, 1.82) is 0 Å². The molecule has 46 heavy (non-hydrogen) atoms. The summed E-state index contributed by atoms with van der Waals surface area (Å²) in [5.41, 5.74) is 5.99. The quantitative estimate of drug-likeness (QED) is 0.317. The van der Waals surface area contributed by atoms with Crippen molar-refractivity contribution in [3.8, 4) is 11.1 Å². The molecule has 3 fully saturated rings. The summed E-state index contributed by atoms with van der Waals surface area (Å²) in [5.74, 6) is -4.15. The zero-order valence-electron chi connectivity index (χ0n) is 25.8. The molecule has 3 saturated carbocycles. The number of fused-ring (bicyclic) bond motifs is 2. The SMILES string of the molecule is CN1CCCCC=CC2CC2(S(=O)(=O)C2CC2)NC(=O)C2(C(N)=O)CC(OC(=O)Nc3ccccc3-c3ccccc3)CC2C1=O. The number of carbonyl (C=O) groups is 4. The maximum absolute atomic E-state index is 14.3. The lowest BCUT2D eigenvalue weighted by Crippen LogP contribution is -2.59. The number of anilines is 1. The third kappa shape index (κ3) is 5.67. The second-order valence-electron chi connectivity index (χ2n) is 13.0. The molecule has 12 heteroatoms. The summed E-state index contributed by atoms with van der Waals surface area (Å²) >= 11 is 0. The lowest BCUT2D eigenvalue weighted by Gasteiger charge is -2.34. The number of allylic oxidation sites excluding steroid dienone is 1. The topological polar surface area (TPSA) is 165 Å². The van der Waals surface area contributed by atoms with E-state index in [0.29, 0.717) is 37.9 Å². The first kappa shape index (κ1) is 31.8. The maximum atomic E-state index is 14.3. The van der Waals surface area contributed by atoms with Crippen LogP contribution in [-0.4, -0.2) is 66.9 Å². The van der Waals surface area contributed by atoms with E-state index < -0.39 is 67.1 Å². The number of amides is 4. The first-order valence-electron chi connectivity index (χ1n) is 15.9. The highest BCUT2D eigenvalue weighted by Gasteiger charge is 2.70. The summed E-state index contributed by atoms with van der Waals surface area (Å²) in [6.07, 6.45) is 4.82. The van der Waals surface area contributed by atoms with Gasteiger partial charge in [-0.15, -0.1) is 0 Å². The molecule has 5 atom stereocenters. The summed E-state index contributed by atoms with van der Waals surface area (Å²) < 4.78 is 33.1. The number of rotatable bonds is 6. The van der Waals surface area contributed by atoms with Gasteiger partial charge in [0.1, 0.15) is 16.4 Å². The summed E-state index contributed by atoms with van der Waals surface area (Å²) in [4.78, 5) is 54.8. The van der Waals surface area contributed by atoms with E-state index in [1.54, 1.807) is 19.2 Å². The fraction of sp³-hybridized carbons (Fsp3) is 0.471. The average Bonchev–Trinajstić information content (AvgIpc) is 3.96. The molecule has 2 aromatic carbocycles. The van der Waals surface area contributed by atoms with Crippen LogP contribution in [0.15, 0.2) is 66.7 Å². The van der Waals surface area contributed by atoms with Gasteiger partial charge in [0.2, 0.25) is 17.7 Å². The van der Waals surface area contributed by atoms with Crippen LogP contribution in [0.2, 0.25) is 0 Å². The number of para-hydroxylation sites is 1. The highest BCUT2D eigenvalue weighted by atomic mass is 32.2. The fourth-order valence-electron chi connectivity index (χ4n) is 7.10. The van der Waals surface area contributed by atoms with E-state index in [1.165, 1.54) is 4.90 Å². The third-order valence-electron chi connectivity index (χ3n) is 9.93. The van der Waals surface area contributed by atoms with Crippen molar-refractivity contribution in [2.24, 2.45) is 23.0 Å². The number of sulfone groups is 1. The Hall–Kier alpha value is -4.19. The highest BCUT2D eigenvalue weighted by Crippen LogP contribution is 2.55. The highest BCUT2D eigenvalue weighted by molar-refractivity contribution is 7.94. The first-order chi connectivity index (χ1) is 22.0. The molecular formula is C34H40N4O7S. The number of nitrogens with zero attached hydrogens (tertiary/aromatic N) is 1. The van der Waals surface area contributed by atoms with Gasteiger partial charge in [0.15, 0.2) is 9.84 Å². The minimum absolute atomic E-state index is 0.126. The Bertz CT molecular complexity index is 1670. The fourth-order valence-corrected chi connectivity index (χ4v) is 9.60. The minimum Gasteiger partial charge on any atom is -0.446 e. The van der Waals surface area contributed by atoms with Gasteiger partial charge in [-0.05, 0) is 56.6 Å². The molecular weight excluding hydrogens is 608 g/mol. The predicted molar refractivity (Wildman–Crippen MR) is 172 cm³/mol. The summed E-state index contributed by atoms with van der Waals surface area (Å²) in [6.45, 7) is 0.394. The smallest absolute Gasteiger partial charge is 0.411 e. The normalized spacial score (nSPS) is 29.9. The number of hydrogen-bond donors (Lipinski definition) is 3. The molecule has 0 radical (unpaired) electrons. The lowest BCUT2D eigenvalue weighted by molar-refractivity contribution is -0.153. The van der Waals surface area contributed by atoms with Crippen LogP contribution in [0.3, 0.4) is 0 Å². The van der Waals surface area contributed by atoms with Crippen molar-refractivity contribution in [2.75, 3.05) is 18.9 Å². The van der Waals surface area contributed by atoms with Crippen LogP contribution in [0.1, 0.15) is 51.4 Å². The maximum Gasteiger partial charge on any atom is 0.411 e. The summed E-state index contributed by atoms with van der Waals surface area (Å²) in [7, 11) is -2.18. The molecule has 4 amide bonds. The molecule has 4 N–H and O–H groups in total. The van der Waals surface area contributed by atoms with Gasteiger partial charge in [-0.3, -0.25) is 19.7 Å². The molecule has 1 aliphatic heterocycles. The van der Waals surface area contributed by atoms with Crippen molar-refractivity contribution >= 4 is 39.3 Å². The van der Waals surface area contributed by atoms with Gasteiger partial charge in [0.05, 0.1) is 16.9 Å². The Morgan fingerprint density at radius 2 is 1.74 bits per heavy atom. The van der Waals surface area contributed by atoms with Gasteiger partial charge >= 0.3 is 6.09 Å². The van der Waals surface area contributed by atoms with Crippen LogP contribution in [0, 0.1) is 17.3 Å². The second kappa shape index (κ2) is 12.2. The van der Waals surface area contributed by atoms with E-state index in [0.717, 1.165) is 17.5 Å². The summed E-state index contributed by atoms with van der Waals surface area (Å²) in [6, 6.07) is 16.7. The summed E-state index contributed by atoms with van der Waals surface area (Å²) in [5, 5.41) is 4.95. The number of carbonyl (C=O) groups excluding carboxylic acids is 4. The molecule has 4 aliphatic rings. The van der Waals surface area contributed by atoms with E-state index in [4.69, 9.17) is 10.5 Å². The van der Waals surface area contributed by atoms with Gasteiger partial charge in [-0.25, -0.2) is 13.2 Å². The molecule has 2 aromatic rings. The van der Waals surface area contributed by atoms with E-state index in [1.807, 2.05) is 54.6 Å². The largest absolute Gasteiger partial charge is 0.446 e. The lowest BCUT2D eigenvalue weighted by atomic mass is 9.75. The molecule has 244 valence electrons. The third-order valence-corrected chi connectivity index (χ3v) is 12.9. The number of hydrogen-bond acceptors (Lipinski definition) is 7. The van der Waals surface area contributed by atoms with E-state index >= 15 is 0 Å². The Kier molecular flexibility index (Phi) is 8.43.